The molecule has 0 atom stereocenters. The number of allylic oxidation sites excluding steroid dienone is 12. The van der Waals surface area contributed by atoms with Crippen LogP contribution in [0.4, 0.5) is 0 Å². The molecule has 7 nitrogen and oxygen atoms in total. The van der Waals surface area contributed by atoms with Crippen LogP contribution in [0.1, 0.15) is 5.56 Å². The van der Waals surface area contributed by atoms with Crippen LogP contribution >= 0.6 is 0 Å². The monoisotopic (exact) mass is 376 g/mol. The lowest BCUT2D eigenvalue weighted by molar-refractivity contribution is -0.260. The third-order valence-electron chi connectivity index (χ3n) is 3.18. The Balaban J connectivity index is 2.19. The maximum Gasteiger partial charge on any atom is 0.269 e. The van der Waals surface area contributed by atoms with E-state index in [4.69, 9.17) is 15.6 Å². The Hall–Kier alpha value is -3.97. The van der Waals surface area contributed by atoms with Gasteiger partial charge in [0.15, 0.2) is 11.4 Å². The van der Waals surface area contributed by atoms with Crippen molar-refractivity contribution in [2.75, 3.05) is 0 Å². The molecule has 1 aliphatic rings. The van der Waals surface area contributed by atoms with E-state index in [-0.39, 0.29) is 5.70 Å². The number of rotatable bonds is 1. The third-order valence-corrected chi connectivity index (χ3v) is 3.18. The number of benzene rings is 1. The smallest absolute Gasteiger partial charge is 0.269 e. The molecule has 28 heavy (non-hydrogen) atoms. The minimum atomic E-state index is -0.730. The zero-order valence-electron chi connectivity index (χ0n) is 15.0. The quantitative estimate of drug-likeness (QED) is 0.723. The number of carbonyl (C=O) groups excluding carboxylic acids is 1. The molecule has 0 unspecified atom stereocenters. The molecule has 0 aliphatic carbocycles. The number of nitrogens with two attached hydrogens (primary N) is 1. The minimum absolute atomic E-state index is 0.0560. The molecule has 1 aromatic rings. The van der Waals surface area contributed by atoms with Crippen LogP contribution in [0.5, 0.6) is 5.75 Å². The number of nitrogens with one attached hydrogen (secondary N) is 1. The van der Waals surface area contributed by atoms with Gasteiger partial charge in [0.1, 0.15) is 0 Å². The highest BCUT2D eigenvalue weighted by Gasteiger charge is 2.02. The summed E-state index contributed by atoms with van der Waals surface area (Å²) in [6, 6.07) is 7.28. The number of nitrogens with zero attached hydrogens (tertiary/aromatic N) is 2. The summed E-state index contributed by atoms with van der Waals surface area (Å²) in [6.45, 7) is 0. The van der Waals surface area contributed by atoms with Crippen LogP contribution in [-0.2, 0) is 9.78 Å². The number of hydrogen-bond acceptors (Lipinski definition) is 6. The number of primary amides is 1. The highest BCUT2D eigenvalue weighted by Crippen LogP contribution is 2.19. The van der Waals surface area contributed by atoms with E-state index in [1.165, 1.54) is 6.08 Å². The second kappa shape index (κ2) is 12.4. The molecule has 0 saturated carbocycles. The van der Waals surface area contributed by atoms with Crippen LogP contribution in [0, 0.1) is 0 Å². The Morgan fingerprint density at radius 1 is 0.857 bits per heavy atom. The summed E-state index contributed by atoms with van der Waals surface area (Å²) in [5, 5.41) is 7.16. The lowest BCUT2D eigenvalue weighted by Crippen LogP contribution is -2.14. The highest BCUT2D eigenvalue weighted by molar-refractivity contribution is 5.91. The van der Waals surface area contributed by atoms with Gasteiger partial charge in [0.25, 0.3) is 5.91 Å². The summed E-state index contributed by atoms with van der Waals surface area (Å²) in [5.74, 6) is -0.259. The van der Waals surface area contributed by atoms with Crippen LogP contribution in [0.15, 0.2) is 113 Å². The molecule has 1 aliphatic heterocycles. The van der Waals surface area contributed by atoms with E-state index in [2.05, 4.69) is 15.9 Å². The van der Waals surface area contributed by atoms with E-state index in [9.17, 15) is 4.79 Å². The molecule has 142 valence electrons. The molecule has 2 rings (SSSR count). The lowest BCUT2D eigenvalue weighted by atomic mass is 10.2. The van der Waals surface area contributed by atoms with Gasteiger partial charge in [0.05, 0.1) is 0 Å². The molecule has 1 heterocycles. The van der Waals surface area contributed by atoms with Crippen LogP contribution < -0.4 is 16.2 Å². The van der Waals surface area contributed by atoms with E-state index in [0.717, 1.165) is 5.56 Å². The highest BCUT2D eigenvalue weighted by atomic mass is 17.3. The Kier molecular flexibility index (Phi) is 9.00. The topological polar surface area (TPSA) is 98.3 Å². The molecule has 1 amide bonds. The van der Waals surface area contributed by atoms with Gasteiger partial charge in [0.2, 0.25) is 0 Å². The van der Waals surface area contributed by atoms with E-state index < -0.39 is 5.91 Å². The first kappa shape index (κ1) is 20.3. The molecule has 0 saturated heterocycles. The average Bonchev–Trinajstić information content (AvgIpc) is 2.69. The van der Waals surface area contributed by atoms with Crippen LogP contribution in [0.3, 0.4) is 0 Å². The molecule has 0 aromatic heterocycles. The van der Waals surface area contributed by atoms with Crippen molar-refractivity contribution in [2.24, 2.45) is 16.1 Å². The van der Waals surface area contributed by atoms with Gasteiger partial charge in [-0.05, 0) is 22.4 Å². The fourth-order valence-corrected chi connectivity index (χ4v) is 1.90. The van der Waals surface area contributed by atoms with Crippen molar-refractivity contribution in [1.29, 1.82) is 0 Å². The van der Waals surface area contributed by atoms with Crippen molar-refractivity contribution in [3.63, 3.8) is 0 Å². The summed E-state index contributed by atoms with van der Waals surface area (Å²) in [6.07, 6.45) is 23.5. The summed E-state index contributed by atoms with van der Waals surface area (Å²) in [5.41, 5.74) is 8.13. The molecular formula is C21H20N4O3. The van der Waals surface area contributed by atoms with Gasteiger partial charge in [-0.25, -0.2) is 0 Å². The maximum atomic E-state index is 11.4. The Labute approximate surface area is 163 Å². The average molecular weight is 376 g/mol. The van der Waals surface area contributed by atoms with Crippen LogP contribution in [-0.4, -0.2) is 5.91 Å². The molecule has 3 N–H and O–H groups in total. The number of hydrogen-bond donors (Lipinski definition) is 2. The van der Waals surface area contributed by atoms with Crippen molar-refractivity contribution >= 4 is 12.0 Å². The van der Waals surface area contributed by atoms with Gasteiger partial charge in [0, 0.05) is 5.56 Å². The van der Waals surface area contributed by atoms with Crippen LogP contribution in [0.25, 0.3) is 6.08 Å². The first-order chi connectivity index (χ1) is 13.8. The molecule has 0 radical (unpaired) electrons. The minimum Gasteiger partial charge on any atom is -0.364 e. The zero-order chi connectivity index (χ0) is 19.9. The summed E-state index contributed by atoms with van der Waals surface area (Å²) in [7, 11) is 0. The van der Waals surface area contributed by atoms with E-state index in [1.807, 2.05) is 66.8 Å². The lowest BCUT2D eigenvalue weighted by Gasteiger charge is -2.05. The first-order valence-corrected chi connectivity index (χ1v) is 8.37. The second-order valence-electron chi connectivity index (χ2n) is 5.20. The summed E-state index contributed by atoms with van der Waals surface area (Å²) >= 11 is 0. The fourth-order valence-electron chi connectivity index (χ4n) is 1.90. The predicted octanol–water partition coefficient (Wildman–Crippen LogP) is 4.05. The summed E-state index contributed by atoms with van der Waals surface area (Å²) in [4.78, 5) is 21.3. The molecule has 1 aromatic carbocycles. The van der Waals surface area contributed by atoms with Crippen molar-refractivity contribution in [3.05, 3.63) is 108 Å². The maximum absolute atomic E-state index is 11.4. The van der Waals surface area contributed by atoms with Crippen molar-refractivity contribution in [1.82, 2.24) is 5.59 Å². The molecule has 7 heteroatoms. The molecule has 0 spiro atoms. The fraction of sp³-hybridized carbons (Fsp3) is 0. The first-order valence-electron chi connectivity index (χ1n) is 8.37. The third kappa shape index (κ3) is 7.94. The van der Waals surface area contributed by atoms with Gasteiger partial charge < -0.3 is 10.6 Å². The normalized spacial score (nSPS) is 15.1. The van der Waals surface area contributed by atoms with E-state index in [1.54, 1.807) is 30.4 Å². The van der Waals surface area contributed by atoms with Crippen molar-refractivity contribution < 1.29 is 14.7 Å². The zero-order valence-corrected chi connectivity index (χ0v) is 15.0. The van der Waals surface area contributed by atoms with E-state index >= 15 is 0 Å². The van der Waals surface area contributed by atoms with Crippen molar-refractivity contribution in [3.8, 4) is 5.75 Å². The van der Waals surface area contributed by atoms with Gasteiger partial charge in [-0.15, -0.1) is 10.7 Å². The number of amides is 1. The molecular weight excluding hydrogens is 356 g/mol. The number of fused-ring (bicyclic) bond motifs is 1. The second-order valence-corrected chi connectivity index (χ2v) is 5.20. The standard InChI is InChI=1S/C21H20N4O3/c22-21(26)19-16-11-9-7-5-3-1-2-4-6-8-10-14-18-15-12-13-17-20(18)27-28-25-24-23-19/h1-17H,(H2,22,26)(H,23,25). The van der Waals surface area contributed by atoms with E-state index in [0.29, 0.717) is 5.75 Å². The molecule has 0 bridgehead atoms. The van der Waals surface area contributed by atoms with Gasteiger partial charge >= 0.3 is 0 Å². The van der Waals surface area contributed by atoms with Gasteiger partial charge in [-0.1, -0.05) is 91.1 Å². The summed E-state index contributed by atoms with van der Waals surface area (Å²) < 4.78 is 0. The Bertz CT molecular complexity index is 891. The van der Waals surface area contributed by atoms with Crippen LogP contribution in [0.2, 0.25) is 0 Å². The largest absolute Gasteiger partial charge is 0.364 e. The molecule has 0 fully saturated rings. The SMILES string of the molecule is NC(=O)C1=CC=CC=CC=CC=CC=CC=Cc2ccccc2OONN=N1. The van der Waals surface area contributed by atoms with Gasteiger partial charge in [-0.2, -0.15) is 0 Å². The van der Waals surface area contributed by atoms with Crippen molar-refractivity contribution in [2.45, 2.75) is 0 Å². The Morgan fingerprint density at radius 3 is 2.14 bits per heavy atom. The number of carbonyl (C=O) groups is 1. The van der Waals surface area contributed by atoms with Gasteiger partial charge in [-0.3, -0.25) is 4.79 Å². The predicted molar refractivity (Wildman–Crippen MR) is 108 cm³/mol. The Morgan fingerprint density at radius 2 is 1.46 bits per heavy atom. The number of para-hydroxylation sites is 1.